The van der Waals surface area contributed by atoms with Crippen molar-refractivity contribution in [3.8, 4) is 0 Å². The van der Waals surface area contributed by atoms with E-state index in [2.05, 4.69) is 30.6 Å². The molecule has 0 aromatic rings. The maximum Gasteiger partial charge on any atom is 0.0590 e. The fourth-order valence-electron chi connectivity index (χ4n) is 3.76. The molecular formula is C15H31N3O. The van der Waals surface area contributed by atoms with Gasteiger partial charge in [0.1, 0.15) is 0 Å². The predicted octanol–water partition coefficient (Wildman–Crippen LogP) is 1.30. The number of nitrogens with zero attached hydrogens (tertiary/aromatic N) is 2. The van der Waals surface area contributed by atoms with Gasteiger partial charge in [-0.2, -0.15) is 0 Å². The molecule has 4 nitrogen and oxygen atoms in total. The average molecular weight is 269 g/mol. The van der Waals surface area contributed by atoms with Crippen molar-refractivity contribution in [2.75, 3.05) is 39.3 Å². The van der Waals surface area contributed by atoms with E-state index >= 15 is 0 Å². The summed E-state index contributed by atoms with van der Waals surface area (Å²) in [5.41, 5.74) is 6.38. The van der Waals surface area contributed by atoms with Crippen molar-refractivity contribution in [2.45, 2.75) is 57.7 Å². The third-order valence-electron chi connectivity index (χ3n) is 5.21. The van der Waals surface area contributed by atoms with Crippen molar-refractivity contribution >= 4 is 0 Å². The molecule has 0 aromatic heterocycles. The van der Waals surface area contributed by atoms with Crippen molar-refractivity contribution in [1.82, 2.24) is 9.80 Å². The number of nitrogens with two attached hydrogens (primary N) is 1. The van der Waals surface area contributed by atoms with Crippen LogP contribution in [-0.4, -0.2) is 66.8 Å². The van der Waals surface area contributed by atoms with E-state index in [0.717, 1.165) is 52.0 Å². The van der Waals surface area contributed by atoms with E-state index in [9.17, 15) is 0 Å². The number of piperazine rings is 1. The number of ether oxygens (including phenoxy) is 1. The average Bonchev–Trinajstić information content (AvgIpc) is 2.47. The monoisotopic (exact) mass is 269 g/mol. The van der Waals surface area contributed by atoms with Crippen molar-refractivity contribution in [2.24, 2.45) is 5.73 Å². The second-order valence-corrected chi connectivity index (χ2v) is 6.21. The van der Waals surface area contributed by atoms with Gasteiger partial charge in [0.05, 0.1) is 6.10 Å². The van der Waals surface area contributed by atoms with Crippen LogP contribution in [0, 0.1) is 0 Å². The van der Waals surface area contributed by atoms with E-state index in [-0.39, 0.29) is 5.54 Å². The first-order valence-corrected chi connectivity index (χ1v) is 7.96. The quantitative estimate of drug-likeness (QED) is 0.835. The molecule has 4 heteroatoms. The summed E-state index contributed by atoms with van der Waals surface area (Å²) in [6.45, 7) is 13.1. The molecule has 2 heterocycles. The van der Waals surface area contributed by atoms with E-state index in [4.69, 9.17) is 10.5 Å². The Bertz CT molecular complexity index is 287. The highest BCUT2D eigenvalue weighted by Gasteiger charge is 2.42. The van der Waals surface area contributed by atoms with Crippen molar-refractivity contribution in [1.29, 1.82) is 0 Å². The third kappa shape index (κ3) is 3.13. The molecule has 0 amide bonds. The maximum absolute atomic E-state index is 6.19. The molecular weight excluding hydrogens is 238 g/mol. The Morgan fingerprint density at radius 3 is 2.68 bits per heavy atom. The van der Waals surface area contributed by atoms with E-state index in [1.165, 1.54) is 6.54 Å². The molecule has 0 radical (unpaired) electrons. The lowest BCUT2D eigenvalue weighted by molar-refractivity contribution is -0.0890. The van der Waals surface area contributed by atoms with E-state index in [1.807, 2.05) is 0 Å². The van der Waals surface area contributed by atoms with Gasteiger partial charge in [-0.05, 0) is 32.7 Å². The number of hydrogen-bond donors (Lipinski definition) is 1. The van der Waals surface area contributed by atoms with Gasteiger partial charge in [0.15, 0.2) is 0 Å². The van der Waals surface area contributed by atoms with Crippen LogP contribution in [0.2, 0.25) is 0 Å². The van der Waals surface area contributed by atoms with Gasteiger partial charge in [0.25, 0.3) is 0 Å². The third-order valence-corrected chi connectivity index (χ3v) is 5.21. The Morgan fingerprint density at radius 2 is 2.11 bits per heavy atom. The molecule has 0 spiro atoms. The van der Waals surface area contributed by atoms with E-state index in [0.29, 0.717) is 12.1 Å². The minimum Gasteiger partial charge on any atom is -0.378 e. The van der Waals surface area contributed by atoms with Crippen LogP contribution < -0.4 is 5.73 Å². The number of likely N-dealkylation sites (N-methyl/N-ethyl adjacent to an activating group) is 1. The Labute approximate surface area is 118 Å². The Morgan fingerprint density at radius 1 is 1.32 bits per heavy atom. The maximum atomic E-state index is 6.19. The fourth-order valence-corrected chi connectivity index (χ4v) is 3.76. The lowest BCUT2D eigenvalue weighted by atomic mass is 9.83. The summed E-state index contributed by atoms with van der Waals surface area (Å²) >= 11 is 0. The summed E-state index contributed by atoms with van der Waals surface area (Å²) < 4.78 is 5.85. The van der Waals surface area contributed by atoms with Gasteiger partial charge in [-0.3, -0.25) is 9.80 Å². The van der Waals surface area contributed by atoms with Gasteiger partial charge in [0.2, 0.25) is 0 Å². The Kier molecular flexibility index (Phi) is 5.23. The number of rotatable bonds is 4. The molecule has 2 saturated heterocycles. The molecule has 0 bridgehead atoms. The summed E-state index contributed by atoms with van der Waals surface area (Å²) in [6.07, 6.45) is 3.71. The zero-order valence-electron chi connectivity index (χ0n) is 12.9. The van der Waals surface area contributed by atoms with E-state index < -0.39 is 0 Å². The fraction of sp³-hybridized carbons (Fsp3) is 1.00. The molecule has 112 valence electrons. The van der Waals surface area contributed by atoms with Crippen LogP contribution in [0.5, 0.6) is 0 Å². The molecule has 0 saturated carbocycles. The topological polar surface area (TPSA) is 41.7 Å². The van der Waals surface area contributed by atoms with Crippen LogP contribution in [0.4, 0.5) is 0 Å². The first-order chi connectivity index (χ1) is 9.15. The second kappa shape index (κ2) is 6.53. The summed E-state index contributed by atoms with van der Waals surface area (Å²) in [4.78, 5) is 5.23. The molecule has 2 fully saturated rings. The van der Waals surface area contributed by atoms with Gasteiger partial charge >= 0.3 is 0 Å². The Hall–Kier alpha value is -0.160. The SMILES string of the molecule is CCC1CC(CN)(N2CCN(CC)C(C)C2)CCO1. The van der Waals surface area contributed by atoms with Crippen molar-refractivity contribution < 1.29 is 4.74 Å². The lowest BCUT2D eigenvalue weighted by Crippen LogP contribution is -2.64. The molecule has 0 aromatic carbocycles. The molecule has 2 rings (SSSR count). The standard InChI is InChI=1S/C15H31N3O/c1-4-14-10-15(12-16,6-9-19-14)18-8-7-17(5-2)13(3)11-18/h13-14H,4-12,16H2,1-3H3. The molecule has 2 aliphatic heterocycles. The predicted molar refractivity (Wildman–Crippen MR) is 79.3 cm³/mol. The van der Waals surface area contributed by atoms with Gasteiger partial charge in [-0.25, -0.2) is 0 Å². The van der Waals surface area contributed by atoms with Crippen LogP contribution in [0.25, 0.3) is 0 Å². The molecule has 19 heavy (non-hydrogen) atoms. The summed E-state index contributed by atoms with van der Waals surface area (Å²) in [5.74, 6) is 0. The minimum atomic E-state index is 0.188. The van der Waals surface area contributed by atoms with Gasteiger partial charge in [-0.15, -0.1) is 0 Å². The Balaban J connectivity index is 2.05. The first kappa shape index (κ1) is 15.2. The lowest BCUT2D eigenvalue weighted by Gasteiger charge is -2.52. The van der Waals surface area contributed by atoms with Crippen LogP contribution in [0.3, 0.4) is 0 Å². The largest absolute Gasteiger partial charge is 0.378 e. The molecule has 3 unspecified atom stereocenters. The van der Waals surface area contributed by atoms with Crippen LogP contribution in [0.1, 0.15) is 40.0 Å². The zero-order chi connectivity index (χ0) is 13.9. The summed E-state index contributed by atoms with van der Waals surface area (Å²) in [6, 6.07) is 0.644. The zero-order valence-corrected chi connectivity index (χ0v) is 12.9. The second-order valence-electron chi connectivity index (χ2n) is 6.21. The first-order valence-electron chi connectivity index (χ1n) is 7.96. The number of hydrogen-bond acceptors (Lipinski definition) is 4. The smallest absolute Gasteiger partial charge is 0.0590 e. The minimum absolute atomic E-state index is 0.188. The van der Waals surface area contributed by atoms with Crippen LogP contribution in [0.15, 0.2) is 0 Å². The highest BCUT2D eigenvalue weighted by atomic mass is 16.5. The van der Waals surface area contributed by atoms with Gasteiger partial charge < -0.3 is 10.5 Å². The summed E-state index contributed by atoms with van der Waals surface area (Å²) in [7, 11) is 0. The van der Waals surface area contributed by atoms with Crippen molar-refractivity contribution in [3.05, 3.63) is 0 Å². The van der Waals surface area contributed by atoms with Crippen LogP contribution >= 0.6 is 0 Å². The molecule has 2 N–H and O–H groups in total. The highest BCUT2D eigenvalue weighted by molar-refractivity contribution is 4.99. The highest BCUT2D eigenvalue weighted by Crippen LogP contribution is 2.33. The normalized spacial score (nSPS) is 38.5. The van der Waals surface area contributed by atoms with Crippen molar-refractivity contribution in [3.63, 3.8) is 0 Å². The van der Waals surface area contributed by atoms with Crippen LogP contribution in [-0.2, 0) is 4.74 Å². The molecule has 0 aliphatic carbocycles. The van der Waals surface area contributed by atoms with Gasteiger partial charge in [-0.1, -0.05) is 13.8 Å². The van der Waals surface area contributed by atoms with E-state index in [1.54, 1.807) is 0 Å². The molecule has 3 atom stereocenters. The summed E-state index contributed by atoms with van der Waals surface area (Å²) in [5, 5.41) is 0. The van der Waals surface area contributed by atoms with Gasteiger partial charge in [0, 0.05) is 44.4 Å². The molecule has 2 aliphatic rings.